The van der Waals surface area contributed by atoms with Crippen molar-refractivity contribution in [3.05, 3.63) is 42.5 Å². The van der Waals surface area contributed by atoms with Crippen LogP contribution in [0.3, 0.4) is 0 Å². The van der Waals surface area contributed by atoms with Gasteiger partial charge in [0.1, 0.15) is 5.75 Å². The van der Waals surface area contributed by atoms with Gasteiger partial charge in [-0.25, -0.2) is 4.31 Å². The number of hydrogen-bond donors (Lipinski definition) is 1. The summed E-state index contributed by atoms with van der Waals surface area (Å²) in [7, 11) is 2.20. The van der Waals surface area contributed by atoms with Gasteiger partial charge in [0.25, 0.3) is 0 Å². The average Bonchev–Trinajstić information content (AvgIpc) is 2.68. The number of nitrogens with zero attached hydrogens (tertiary/aromatic N) is 2. The van der Waals surface area contributed by atoms with Crippen LogP contribution in [-0.2, 0) is 0 Å². The third-order valence-corrected chi connectivity index (χ3v) is 7.21. The van der Waals surface area contributed by atoms with Crippen LogP contribution in [0, 0.1) is 0 Å². The molecule has 126 valence electrons. The van der Waals surface area contributed by atoms with Crippen LogP contribution in [0.2, 0.25) is 0 Å². The lowest BCUT2D eigenvalue weighted by Crippen LogP contribution is -2.54. The van der Waals surface area contributed by atoms with Crippen LogP contribution in [0.15, 0.2) is 52.3 Å². The van der Waals surface area contributed by atoms with E-state index in [4.69, 9.17) is 0 Å². The van der Waals surface area contributed by atoms with Crippen LogP contribution in [-0.4, -0.2) is 34.8 Å². The van der Waals surface area contributed by atoms with E-state index in [1.165, 1.54) is 30.6 Å². The monoisotopic (exact) mass is 358 g/mol. The van der Waals surface area contributed by atoms with E-state index in [-0.39, 0.29) is 5.54 Å². The Balaban J connectivity index is 1.87. The summed E-state index contributed by atoms with van der Waals surface area (Å²) in [6.07, 6.45) is 5.77. The van der Waals surface area contributed by atoms with E-state index in [9.17, 15) is 5.11 Å². The van der Waals surface area contributed by atoms with Gasteiger partial charge >= 0.3 is 0 Å². The topological polar surface area (TPSA) is 26.7 Å². The van der Waals surface area contributed by atoms with E-state index in [2.05, 4.69) is 52.7 Å². The number of thioether (sulfide) groups is 1. The maximum atomic E-state index is 10.3. The van der Waals surface area contributed by atoms with Crippen molar-refractivity contribution in [2.24, 2.45) is 0 Å². The molecule has 1 heterocycles. The molecule has 1 N–H and O–H groups in total. The first-order valence-corrected chi connectivity index (χ1v) is 10.3. The fraction of sp³-hybridized carbons (Fsp3) is 0.368. The minimum absolute atomic E-state index is 0.217. The lowest BCUT2D eigenvalue weighted by molar-refractivity contribution is 0.128. The number of phenols is 1. The van der Waals surface area contributed by atoms with E-state index >= 15 is 0 Å². The van der Waals surface area contributed by atoms with Gasteiger partial charge in [-0.05, 0) is 68.8 Å². The van der Waals surface area contributed by atoms with Gasteiger partial charge in [-0.3, -0.25) is 0 Å². The van der Waals surface area contributed by atoms with Gasteiger partial charge in [-0.15, -0.1) is 11.8 Å². The van der Waals surface area contributed by atoms with Crippen molar-refractivity contribution in [1.82, 2.24) is 4.31 Å². The second-order valence-electron chi connectivity index (χ2n) is 6.58. The molecule has 0 bridgehead atoms. The molecular weight excluding hydrogens is 336 g/mol. The second kappa shape index (κ2) is 6.21. The maximum absolute atomic E-state index is 10.3. The zero-order valence-corrected chi connectivity index (χ0v) is 15.7. The minimum Gasteiger partial charge on any atom is -0.507 e. The summed E-state index contributed by atoms with van der Waals surface area (Å²) in [5.41, 5.74) is 2.64. The Kier molecular flexibility index (Phi) is 4.19. The molecule has 0 aromatic heterocycles. The number of aromatic hydroxyl groups is 1. The average molecular weight is 359 g/mol. The standard InChI is InChI=1S/C19H22N2OS2/c1-20-19(9-6-10-19)13-21(14-7-4-3-5-8-14)15-11-18(23-2)16(22)12-17(15)24-20/h3-5,7-8,11-12,22H,6,9-10,13H2,1-2H3. The number of hydrogen-bond acceptors (Lipinski definition) is 5. The highest BCUT2D eigenvalue weighted by molar-refractivity contribution is 7.98. The third-order valence-electron chi connectivity index (χ3n) is 5.26. The fourth-order valence-electron chi connectivity index (χ4n) is 3.61. The van der Waals surface area contributed by atoms with Crippen molar-refractivity contribution >= 4 is 35.1 Å². The molecule has 3 nitrogen and oxygen atoms in total. The van der Waals surface area contributed by atoms with Gasteiger partial charge < -0.3 is 10.0 Å². The summed E-state index contributed by atoms with van der Waals surface area (Å²) in [4.78, 5) is 4.49. The molecule has 2 aromatic rings. The molecule has 5 heteroatoms. The van der Waals surface area contributed by atoms with Crippen molar-refractivity contribution in [3.63, 3.8) is 0 Å². The Morgan fingerprint density at radius 2 is 1.92 bits per heavy atom. The summed E-state index contributed by atoms with van der Waals surface area (Å²) in [6.45, 7) is 0.992. The molecule has 1 aliphatic carbocycles. The number of anilines is 2. The molecule has 24 heavy (non-hydrogen) atoms. The number of benzene rings is 2. The quantitative estimate of drug-likeness (QED) is 0.593. The van der Waals surface area contributed by atoms with E-state index in [0.717, 1.165) is 16.3 Å². The molecule has 1 aliphatic heterocycles. The normalized spacial score (nSPS) is 19.7. The molecule has 1 fully saturated rings. The first-order chi connectivity index (χ1) is 11.6. The van der Waals surface area contributed by atoms with Crippen molar-refractivity contribution in [1.29, 1.82) is 0 Å². The summed E-state index contributed by atoms with van der Waals surface area (Å²) in [6, 6.07) is 14.7. The summed E-state index contributed by atoms with van der Waals surface area (Å²) < 4.78 is 2.41. The van der Waals surface area contributed by atoms with E-state index in [1.807, 2.05) is 12.3 Å². The van der Waals surface area contributed by atoms with E-state index in [0.29, 0.717) is 5.75 Å². The third kappa shape index (κ3) is 2.59. The number of para-hydroxylation sites is 1. The van der Waals surface area contributed by atoms with Crippen LogP contribution in [0.25, 0.3) is 0 Å². The van der Waals surface area contributed by atoms with Crippen LogP contribution < -0.4 is 4.90 Å². The van der Waals surface area contributed by atoms with Gasteiger partial charge in [0.15, 0.2) is 0 Å². The molecule has 0 unspecified atom stereocenters. The highest BCUT2D eigenvalue weighted by atomic mass is 32.2. The van der Waals surface area contributed by atoms with Crippen molar-refractivity contribution in [2.75, 3.05) is 24.7 Å². The second-order valence-corrected chi connectivity index (χ2v) is 8.60. The predicted molar refractivity (Wildman–Crippen MR) is 104 cm³/mol. The summed E-state index contributed by atoms with van der Waals surface area (Å²) in [5, 5.41) is 10.3. The van der Waals surface area contributed by atoms with Crippen molar-refractivity contribution < 1.29 is 5.11 Å². The molecule has 2 aromatic carbocycles. The predicted octanol–water partition coefficient (Wildman–Crippen LogP) is 5.13. The Morgan fingerprint density at radius 1 is 1.17 bits per heavy atom. The minimum atomic E-state index is 0.217. The van der Waals surface area contributed by atoms with Crippen LogP contribution in [0.1, 0.15) is 19.3 Å². The molecule has 0 saturated heterocycles. The zero-order valence-electron chi connectivity index (χ0n) is 14.0. The van der Waals surface area contributed by atoms with Gasteiger partial charge in [0, 0.05) is 17.8 Å². The van der Waals surface area contributed by atoms with Gasteiger partial charge in [0.2, 0.25) is 0 Å². The Morgan fingerprint density at radius 3 is 2.54 bits per heavy atom. The van der Waals surface area contributed by atoms with Crippen LogP contribution in [0.4, 0.5) is 11.4 Å². The van der Waals surface area contributed by atoms with Crippen molar-refractivity contribution in [3.8, 4) is 5.75 Å². The van der Waals surface area contributed by atoms with Gasteiger partial charge in [0.05, 0.1) is 15.5 Å². The van der Waals surface area contributed by atoms with E-state index < -0.39 is 0 Å². The Labute approximate surface area is 152 Å². The molecule has 0 amide bonds. The van der Waals surface area contributed by atoms with Crippen LogP contribution >= 0.6 is 23.7 Å². The zero-order chi connectivity index (χ0) is 16.7. The van der Waals surface area contributed by atoms with Crippen molar-refractivity contribution in [2.45, 2.75) is 34.6 Å². The van der Waals surface area contributed by atoms with E-state index in [1.54, 1.807) is 23.7 Å². The molecular formula is C19H22N2OS2. The molecule has 1 spiro atoms. The Bertz CT molecular complexity index is 747. The highest BCUT2D eigenvalue weighted by Gasteiger charge is 2.45. The molecule has 0 atom stereocenters. The summed E-state index contributed by atoms with van der Waals surface area (Å²) in [5.74, 6) is 0.375. The number of rotatable bonds is 2. The molecule has 4 rings (SSSR count). The fourth-order valence-corrected chi connectivity index (χ4v) is 5.26. The lowest BCUT2D eigenvalue weighted by Gasteiger charge is -2.48. The Hall–Kier alpha value is -1.30. The smallest absolute Gasteiger partial charge is 0.130 e. The van der Waals surface area contributed by atoms with Gasteiger partial charge in [-0.1, -0.05) is 18.2 Å². The molecule has 0 radical (unpaired) electrons. The SMILES string of the molecule is CSc1cc2c(cc1O)SN(C)C1(CCC1)CN2c1ccccc1. The summed E-state index contributed by atoms with van der Waals surface area (Å²) >= 11 is 3.36. The van der Waals surface area contributed by atoms with Crippen LogP contribution in [0.5, 0.6) is 5.75 Å². The lowest BCUT2D eigenvalue weighted by atomic mass is 9.76. The number of phenolic OH excluding ortho intramolecular Hbond substituents is 1. The molecule has 2 aliphatic rings. The number of likely N-dealkylation sites (N-methyl/N-ethyl adjacent to an activating group) is 1. The molecule has 1 saturated carbocycles. The highest BCUT2D eigenvalue weighted by Crippen LogP contribution is 2.51. The number of fused-ring (bicyclic) bond motifs is 1. The largest absolute Gasteiger partial charge is 0.507 e. The maximum Gasteiger partial charge on any atom is 0.130 e. The van der Waals surface area contributed by atoms with Gasteiger partial charge in [-0.2, -0.15) is 0 Å². The first kappa shape index (κ1) is 16.2. The first-order valence-electron chi connectivity index (χ1n) is 8.28.